The fourth-order valence-electron chi connectivity index (χ4n) is 3.17. The molecule has 7 nitrogen and oxygen atoms in total. The lowest BCUT2D eigenvalue weighted by Crippen LogP contribution is -2.31. The van der Waals surface area contributed by atoms with Crippen molar-refractivity contribution in [1.29, 1.82) is 0 Å². The topological polar surface area (TPSA) is 104 Å². The van der Waals surface area contributed by atoms with Gasteiger partial charge in [0.1, 0.15) is 5.75 Å². The van der Waals surface area contributed by atoms with Gasteiger partial charge in [-0.1, -0.05) is 0 Å². The van der Waals surface area contributed by atoms with Crippen molar-refractivity contribution >= 4 is 22.6 Å². The molecule has 1 aliphatic rings. The zero-order chi connectivity index (χ0) is 18.7. The van der Waals surface area contributed by atoms with Gasteiger partial charge in [0.05, 0.1) is 26.0 Å². The Balaban J connectivity index is 1.78. The smallest absolute Gasteiger partial charge is 0.252 e. The molecular weight excluding hydrogens is 341 g/mol. The summed E-state index contributed by atoms with van der Waals surface area (Å²) in [7, 11) is 1.45. The summed E-state index contributed by atoms with van der Waals surface area (Å²) in [5.74, 6) is -0.326. The third-order valence-corrected chi connectivity index (χ3v) is 4.54. The predicted octanol–water partition coefficient (Wildman–Crippen LogP) is 1.59. The quantitative estimate of drug-likeness (QED) is 0.779. The molecule has 0 radical (unpaired) electrons. The van der Waals surface area contributed by atoms with E-state index in [0.29, 0.717) is 23.4 Å². The third kappa shape index (κ3) is 3.54. The van der Waals surface area contributed by atoms with Crippen molar-refractivity contribution in [3.63, 3.8) is 0 Å². The number of hydrogen-bond donors (Lipinski definition) is 2. The lowest BCUT2D eigenvalue weighted by molar-refractivity contribution is -0.119. The average molecular weight is 361 g/mol. The molecule has 2 amide bonds. The molecule has 0 saturated carbocycles. The molecule has 26 heavy (non-hydrogen) atoms. The second kappa shape index (κ2) is 7.55. The van der Waals surface area contributed by atoms with Crippen LogP contribution < -0.4 is 20.5 Å². The molecule has 1 fully saturated rings. The number of fused-ring (bicyclic) bond motifs is 1. The van der Waals surface area contributed by atoms with Crippen LogP contribution in [-0.4, -0.2) is 43.2 Å². The van der Waals surface area contributed by atoms with Crippen molar-refractivity contribution in [3.8, 4) is 11.6 Å². The van der Waals surface area contributed by atoms with Crippen LogP contribution >= 0.6 is 0 Å². The van der Waals surface area contributed by atoms with Crippen LogP contribution in [0.3, 0.4) is 0 Å². The zero-order valence-electron chi connectivity index (χ0n) is 14.3. The van der Waals surface area contributed by atoms with Crippen LogP contribution in [-0.2, 0) is 4.79 Å². The average Bonchev–Trinajstić information content (AvgIpc) is 3.00. The van der Waals surface area contributed by atoms with Gasteiger partial charge in [-0.25, -0.2) is 4.98 Å². The van der Waals surface area contributed by atoms with Gasteiger partial charge < -0.3 is 20.5 Å². The number of hydrogen-bond acceptors (Lipinski definition) is 5. The summed E-state index contributed by atoms with van der Waals surface area (Å²) >= 11 is 0. The number of carbonyl (C=O) groups is 2. The van der Waals surface area contributed by atoms with E-state index >= 15 is 0 Å². The number of ether oxygens (including phenoxy) is 2. The maximum absolute atomic E-state index is 13.0. The number of amides is 2. The molecule has 3 N–H and O–H groups in total. The van der Waals surface area contributed by atoms with Crippen molar-refractivity contribution in [2.75, 3.05) is 20.4 Å². The molecule has 1 aliphatic heterocycles. The first-order chi connectivity index (χ1) is 12.5. The minimum Gasteiger partial charge on any atom is -0.496 e. The van der Waals surface area contributed by atoms with Gasteiger partial charge >= 0.3 is 0 Å². The number of benzene rings is 1. The molecule has 2 aromatic rings. The van der Waals surface area contributed by atoms with Crippen LogP contribution in [0, 0.1) is 5.92 Å². The van der Waals surface area contributed by atoms with Crippen molar-refractivity contribution in [2.24, 2.45) is 11.7 Å². The SMILES string of the molecule is COc1cc2c(OCC[C@H]3NC(=O)C[C@H]3CF)nccc2cc1C(N)=O. The first-order valence-corrected chi connectivity index (χ1v) is 8.28. The highest BCUT2D eigenvalue weighted by atomic mass is 19.1. The van der Waals surface area contributed by atoms with Crippen molar-refractivity contribution in [2.45, 2.75) is 18.9 Å². The second-order valence-corrected chi connectivity index (χ2v) is 6.18. The molecular formula is C18H20FN3O4. The summed E-state index contributed by atoms with van der Waals surface area (Å²) in [6, 6.07) is 4.78. The minimum absolute atomic E-state index is 0.135. The Kier molecular flexibility index (Phi) is 5.20. The number of carbonyl (C=O) groups excluding carboxylic acids is 2. The molecule has 0 spiro atoms. The van der Waals surface area contributed by atoms with E-state index in [1.54, 1.807) is 24.4 Å². The largest absolute Gasteiger partial charge is 0.496 e. The molecule has 1 aromatic heterocycles. The summed E-state index contributed by atoms with van der Waals surface area (Å²) < 4.78 is 23.9. The summed E-state index contributed by atoms with van der Waals surface area (Å²) in [5.41, 5.74) is 5.65. The van der Waals surface area contributed by atoms with E-state index in [1.807, 2.05) is 0 Å². The summed E-state index contributed by atoms with van der Waals surface area (Å²) in [6.45, 7) is -0.267. The molecule has 8 heteroatoms. The van der Waals surface area contributed by atoms with Crippen molar-refractivity contribution < 1.29 is 23.5 Å². The van der Waals surface area contributed by atoms with Crippen LogP contribution in [0.5, 0.6) is 11.6 Å². The highest BCUT2D eigenvalue weighted by molar-refractivity contribution is 6.01. The van der Waals surface area contributed by atoms with E-state index in [1.165, 1.54) is 7.11 Å². The maximum Gasteiger partial charge on any atom is 0.252 e. The number of pyridine rings is 1. The van der Waals surface area contributed by atoms with E-state index in [2.05, 4.69) is 10.3 Å². The van der Waals surface area contributed by atoms with Gasteiger partial charge in [-0.15, -0.1) is 0 Å². The molecule has 0 bridgehead atoms. The Bertz CT molecular complexity index is 843. The number of nitrogens with two attached hydrogens (primary N) is 1. The molecule has 1 saturated heterocycles. The summed E-state index contributed by atoms with van der Waals surface area (Å²) in [5, 5.41) is 4.18. The third-order valence-electron chi connectivity index (χ3n) is 4.54. The number of nitrogens with one attached hydrogen (secondary N) is 1. The van der Waals surface area contributed by atoms with Gasteiger partial charge in [-0.2, -0.15) is 0 Å². The molecule has 2 atom stereocenters. The molecule has 3 rings (SSSR count). The van der Waals surface area contributed by atoms with Gasteiger partial charge in [0.2, 0.25) is 11.8 Å². The van der Waals surface area contributed by atoms with Crippen LogP contribution in [0.25, 0.3) is 10.8 Å². The summed E-state index contributed by atoms with van der Waals surface area (Å²) in [6.07, 6.45) is 2.26. The molecule has 0 unspecified atom stereocenters. The standard InChI is InChI=1S/C18H20FN3O4/c1-25-15-8-12-10(6-13(15)17(20)24)2-4-21-18(12)26-5-3-14-11(9-19)7-16(23)22-14/h2,4,6,8,11,14H,3,5,7,9H2,1H3,(H2,20,24)(H,22,23)/t11-,14+/m0/s1. The molecule has 1 aromatic carbocycles. The second-order valence-electron chi connectivity index (χ2n) is 6.18. The molecule has 138 valence electrons. The number of halogens is 1. The van der Waals surface area contributed by atoms with Crippen LogP contribution in [0.15, 0.2) is 24.4 Å². The molecule has 2 heterocycles. The first-order valence-electron chi connectivity index (χ1n) is 8.28. The zero-order valence-corrected chi connectivity index (χ0v) is 14.3. The Labute approximate surface area is 149 Å². The van der Waals surface area contributed by atoms with Gasteiger partial charge in [0, 0.05) is 36.4 Å². The lowest BCUT2D eigenvalue weighted by Gasteiger charge is -2.16. The van der Waals surface area contributed by atoms with Gasteiger partial charge in [-0.3, -0.25) is 14.0 Å². The number of aromatic nitrogens is 1. The number of alkyl halides is 1. The van der Waals surface area contributed by atoms with E-state index in [-0.39, 0.29) is 36.5 Å². The minimum atomic E-state index is -0.586. The van der Waals surface area contributed by atoms with E-state index < -0.39 is 12.6 Å². The van der Waals surface area contributed by atoms with Crippen LogP contribution in [0.2, 0.25) is 0 Å². The normalized spacial score (nSPS) is 19.4. The fourth-order valence-corrected chi connectivity index (χ4v) is 3.17. The van der Waals surface area contributed by atoms with Crippen molar-refractivity contribution in [3.05, 3.63) is 30.0 Å². The van der Waals surface area contributed by atoms with Gasteiger partial charge in [0.15, 0.2) is 0 Å². The number of nitrogens with zero attached hydrogens (tertiary/aromatic N) is 1. The Morgan fingerprint density at radius 3 is 2.96 bits per heavy atom. The first kappa shape index (κ1) is 17.9. The maximum atomic E-state index is 13.0. The fraction of sp³-hybridized carbons (Fsp3) is 0.389. The monoisotopic (exact) mass is 361 g/mol. The van der Waals surface area contributed by atoms with E-state index in [0.717, 1.165) is 5.39 Å². The number of primary amides is 1. The van der Waals surface area contributed by atoms with E-state index in [9.17, 15) is 14.0 Å². The van der Waals surface area contributed by atoms with Crippen molar-refractivity contribution in [1.82, 2.24) is 10.3 Å². The Morgan fingerprint density at radius 2 is 2.27 bits per heavy atom. The van der Waals surface area contributed by atoms with E-state index in [4.69, 9.17) is 15.2 Å². The summed E-state index contributed by atoms with van der Waals surface area (Å²) in [4.78, 5) is 27.2. The van der Waals surface area contributed by atoms with Gasteiger partial charge in [-0.05, 0) is 23.6 Å². The van der Waals surface area contributed by atoms with Gasteiger partial charge in [0.25, 0.3) is 5.91 Å². The number of rotatable bonds is 7. The highest BCUT2D eigenvalue weighted by Gasteiger charge is 2.32. The molecule has 0 aliphatic carbocycles. The Morgan fingerprint density at radius 1 is 1.46 bits per heavy atom. The predicted molar refractivity (Wildman–Crippen MR) is 92.9 cm³/mol. The number of methoxy groups -OCH3 is 1. The Hall–Kier alpha value is -2.90. The van der Waals surface area contributed by atoms with Crippen LogP contribution in [0.4, 0.5) is 4.39 Å². The lowest BCUT2D eigenvalue weighted by atomic mass is 10.00. The van der Waals surface area contributed by atoms with Crippen LogP contribution in [0.1, 0.15) is 23.2 Å². The highest BCUT2D eigenvalue weighted by Crippen LogP contribution is 2.31.